The molecule has 0 unspecified atom stereocenters. The van der Waals surface area contributed by atoms with E-state index in [-0.39, 0.29) is 35.1 Å². The number of sulfonamides is 1. The molecule has 2 fully saturated rings. The Morgan fingerprint density at radius 2 is 1.58 bits per heavy atom. The van der Waals surface area contributed by atoms with E-state index < -0.39 is 39.2 Å². The molecule has 0 saturated carbocycles. The molecule has 3 aromatic rings. The van der Waals surface area contributed by atoms with Gasteiger partial charge in [0.25, 0.3) is 5.91 Å². The Hall–Kier alpha value is -3.82. The van der Waals surface area contributed by atoms with Gasteiger partial charge in [0.05, 0.1) is 16.1 Å². The smallest absolute Gasteiger partial charge is 0.322 e. The van der Waals surface area contributed by atoms with Gasteiger partial charge >= 0.3 is 6.03 Å². The number of urea groups is 1. The van der Waals surface area contributed by atoms with E-state index in [1.54, 1.807) is 17.0 Å². The minimum Gasteiger partial charge on any atom is -0.457 e. The van der Waals surface area contributed by atoms with E-state index in [2.05, 4.69) is 14.9 Å². The van der Waals surface area contributed by atoms with Crippen LogP contribution in [0.3, 0.4) is 0 Å². The van der Waals surface area contributed by atoms with Crippen LogP contribution in [0.25, 0.3) is 0 Å². The molecule has 3 amide bonds. The summed E-state index contributed by atoms with van der Waals surface area (Å²) in [4.78, 5) is 29.0. The standard InChI is InChI=1S/C35H43F2N5O6S.ClH/c1-2-3-16-42(35(44)39-33-21-30(34(38)43)31(36)22-32(33)37)26-12-17-41(18-13-26)23-24-4-6-27(7-5-24)48-28-8-10-29(11-9-28)49(45,46)40-25-14-19-47-20-15-25;/h4-11,21-22,25-26,40H,2-3,12-20,23H2,1H3,(H2,38,43)(H,39,44);1H. The Morgan fingerprint density at radius 3 is 2.18 bits per heavy atom. The van der Waals surface area contributed by atoms with Crippen LogP contribution in [0.5, 0.6) is 11.5 Å². The zero-order chi connectivity index (χ0) is 35.0. The minimum absolute atomic E-state index is 0. The number of unbranched alkanes of at least 4 members (excludes halogenated alkanes) is 1. The van der Waals surface area contributed by atoms with Crippen LogP contribution in [0.4, 0.5) is 19.3 Å². The number of halogens is 3. The van der Waals surface area contributed by atoms with Gasteiger partial charge in [-0.25, -0.2) is 26.7 Å². The molecule has 50 heavy (non-hydrogen) atoms. The summed E-state index contributed by atoms with van der Waals surface area (Å²) in [6.45, 7) is 5.78. The molecule has 0 aliphatic carbocycles. The average Bonchev–Trinajstić information content (AvgIpc) is 3.08. The largest absolute Gasteiger partial charge is 0.457 e. The first-order chi connectivity index (χ1) is 23.5. The van der Waals surface area contributed by atoms with Crippen molar-refractivity contribution in [2.75, 3.05) is 38.2 Å². The van der Waals surface area contributed by atoms with Crippen LogP contribution < -0.4 is 20.5 Å². The first-order valence-electron chi connectivity index (χ1n) is 16.6. The summed E-state index contributed by atoms with van der Waals surface area (Å²) in [5, 5.41) is 2.52. The van der Waals surface area contributed by atoms with Crippen molar-refractivity contribution in [3.8, 4) is 11.5 Å². The van der Waals surface area contributed by atoms with Crippen molar-refractivity contribution in [2.24, 2.45) is 5.73 Å². The number of hydrogen-bond donors (Lipinski definition) is 3. The van der Waals surface area contributed by atoms with Gasteiger partial charge < -0.3 is 25.4 Å². The van der Waals surface area contributed by atoms with Crippen molar-refractivity contribution < 1.29 is 36.3 Å². The first kappa shape index (κ1) is 39.0. The Labute approximate surface area is 297 Å². The molecule has 2 saturated heterocycles. The molecule has 5 rings (SSSR count). The highest BCUT2D eigenvalue weighted by molar-refractivity contribution is 7.89. The van der Waals surface area contributed by atoms with Gasteiger partial charge in [-0.2, -0.15) is 0 Å². The van der Waals surface area contributed by atoms with Gasteiger partial charge in [-0.3, -0.25) is 9.69 Å². The number of nitrogens with two attached hydrogens (primary N) is 1. The Morgan fingerprint density at radius 1 is 0.960 bits per heavy atom. The third-order valence-corrected chi connectivity index (χ3v) is 10.4. The maximum absolute atomic E-state index is 14.5. The van der Waals surface area contributed by atoms with Crippen LogP contribution in [-0.2, 0) is 21.3 Å². The number of rotatable bonds is 13. The average molecular weight is 736 g/mol. The van der Waals surface area contributed by atoms with E-state index >= 15 is 0 Å². The first-order valence-corrected chi connectivity index (χ1v) is 18.1. The molecule has 0 bridgehead atoms. The molecule has 0 spiro atoms. The van der Waals surface area contributed by atoms with Crippen LogP contribution in [0.2, 0.25) is 0 Å². The van der Waals surface area contributed by atoms with E-state index in [4.69, 9.17) is 15.2 Å². The predicted molar refractivity (Wildman–Crippen MR) is 188 cm³/mol. The number of carbonyl (C=O) groups excluding carboxylic acids is 2. The summed E-state index contributed by atoms with van der Waals surface area (Å²) in [5.74, 6) is -1.98. The fraction of sp³-hybridized carbons (Fsp3) is 0.429. The number of piperidine rings is 1. The van der Waals surface area contributed by atoms with Crippen molar-refractivity contribution in [1.29, 1.82) is 0 Å². The Bertz CT molecular complexity index is 1700. The lowest BCUT2D eigenvalue weighted by Crippen LogP contribution is -2.49. The molecule has 2 heterocycles. The van der Waals surface area contributed by atoms with E-state index in [0.29, 0.717) is 69.6 Å². The fourth-order valence-electron chi connectivity index (χ4n) is 6.04. The number of carbonyl (C=O) groups is 2. The van der Waals surface area contributed by atoms with Crippen molar-refractivity contribution in [2.45, 2.75) is 69.0 Å². The number of anilines is 1. The monoisotopic (exact) mass is 735 g/mol. The second-order valence-corrected chi connectivity index (χ2v) is 14.1. The zero-order valence-electron chi connectivity index (χ0n) is 27.9. The van der Waals surface area contributed by atoms with Crippen molar-refractivity contribution >= 4 is 40.1 Å². The van der Waals surface area contributed by atoms with Gasteiger partial charge in [0.1, 0.15) is 23.1 Å². The molecular formula is C35H44ClF2N5O6S. The topological polar surface area (TPSA) is 143 Å². The number of ether oxygens (including phenoxy) is 2. The van der Waals surface area contributed by atoms with Gasteiger partial charge in [-0.05, 0) is 80.1 Å². The lowest BCUT2D eigenvalue weighted by molar-refractivity contribution is 0.0832. The third-order valence-electron chi connectivity index (χ3n) is 8.82. The fourth-order valence-corrected chi connectivity index (χ4v) is 7.34. The Balaban J connectivity index is 0.00000562. The molecule has 2 aliphatic heterocycles. The van der Waals surface area contributed by atoms with Crippen molar-refractivity contribution in [3.05, 3.63) is 83.4 Å². The van der Waals surface area contributed by atoms with E-state index in [1.165, 1.54) is 12.1 Å². The van der Waals surface area contributed by atoms with Gasteiger partial charge in [0.2, 0.25) is 10.0 Å². The summed E-state index contributed by atoms with van der Waals surface area (Å²) in [5.41, 5.74) is 5.49. The molecule has 0 aromatic heterocycles. The summed E-state index contributed by atoms with van der Waals surface area (Å²) in [7, 11) is -3.63. The van der Waals surface area contributed by atoms with Gasteiger partial charge in [0, 0.05) is 57.5 Å². The molecule has 2 aliphatic rings. The molecule has 0 atom stereocenters. The van der Waals surface area contributed by atoms with Crippen LogP contribution >= 0.6 is 12.4 Å². The molecule has 272 valence electrons. The zero-order valence-corrected chi connectivity index (χ0v) is 29.5. The maximum atomic E-state index is 14.5. The normalized spacial score (nSPS) is 16.0. The number of amides is 3. The highest BCUT2D eigenvalue weighted by atomic mass is 35.5. The van der Waals surface area contributed by atoms with Crippen LogP contribution in [-0.4, -0.2) is 75.1 Å². The Kier molecular flexibility index (Phi) is 14.0. The molecule has 3 aromatic carbocycles. The van der Waals surface area contributed by atoms with Crippen LogP contribution in [0, 0.1) is 11.6 Å². The highest BCUT2D eigenvalue weighted by Gasteiger charge is 2.29. The summed E-state index contributed by atoms with van der Waals surface area (Å²) in [6.07, 6.45) is 4.35. The molecule has 4 N–H and O–H groups in total. The second kappa shape index (κ2) is 17.9. The van der Waals surface area contributed by atoms with E-state index in [1.807, 2.05) is 31.2 Å². The summed E-state index contributed by atoms with van der Waals surface area (Å²) < 4.78 is 67.9. The number of benzene rings is 3. The van der Waals surface area contributed by atoms with Gasteiger partial charge in [0.15, 0.2) is 0 Å². The molecule has 0 radical (unpaired) electrons. The number of nitrogens with one attached hydrogen (secondary N) is 2. The highest BCUT2D eigenvalue weighted by Crippen LogP contribution is 2.26. The number of nitrogens with zero attached hydrogens (tertiary/aromatic N) is 2. The number of hydrogen-bond acceptors (Lipinski definition) is 7. The van der Waals surface area contributed by atoms with E-state index in [9.17, 15) is 26.8 Å². The lowest BCUT2D eigenvalue weighted by atomic mass is 10.0. The van der Waals surface area contributed by atoms with Crippen LogP contribution in [0.1, 0.15) is 61.4 Å². The number of primary amides is 1. The van der Waals surface area contributed by atoms with Gasteiger partial charge in [-0.1, -0.05) is 25.5 Å². The lowest BCUT2D eigenvalue weighted by Gasteiger charge is -2.38. The summed E-state index contributed by atoms with van der Waals surface area (Å²) >= 11 is 0. The molecular weight excluding hydrogens is 692 g/mol. The molecule has 15 heteroatoms. The SMILES string of the molecule is CCCCN(C(=O)Nc1cc(C(N)=O)c(F)cc1F)C1CCN(Cc2ccc(Oc3ccc(S(=O)(=O)NC4CCOCC4)cc3)cc2)CC1.Cl. The second-order valence-electron chi connectivity index (χ2n) is 12.4. The van der Waals surface area contributed by atoms with Crippen LogP contribution in [0.15, 0.2) is 65.6 Å². The minimum atomic E-state index is -3.63. The molecule has 11 nitrogen and oxygen atoms in total. The number of likely N-dealkylation sites (tertiary alicyclic amines) is 1. The third kappa shape index (κ3) is 10.4. The summed E-state index contributed by atoms with van der Waals surface area (Å²) in [6, 6.07) is 14.8. The van der Waals surface area contributed by atoms with Crippen molar-refractivity contribution in [3.63, 3.8) is 0 Å². The van der Waals surface area contributed by atoms with E-state index in [0.717, 1.165) is 37.6 Å². The predicted octanol–water partition coefficient (Wildman–Crippen LogP) is 6.03. The maximum Gasteiger partial charge on any atom is 0.322 e. The van der Waals surface area contributed by atoms with Crippen molar-refractivity contribution in [1.82, 2.24) is 14.5 Å². The quantitative estimate of drug-likeness (QED) is 0.195. The van der Waals surface area contributed by atoms with Gasteiger partial charge in [-0.15, -0.1) is 12.4 Å².